The van der Waals surface area contributed by atoms with E-state index >= 15 is 0 Å². The largest absolute Gasteiger partial charge is 0.303 e. The van der Waals surface area contributed by atoms with Crippen LogP contribution in [0.4, 0.5) is 0 Å². The molecule has 0 aliphatic carbocycles. The average molecular weight is 232 g/mol. The lowest BCUT2D eigenvalue weighted by atomic mass is 10.1. The topological polar surface area (TPSA) is 24.9 Å². The molecular formula is C13H16N2S. The number of rotatable bonds is 4. The molecule has 2 rings (SSSR count). The van der Waals surface area contributed by atoms with Gasteiger partial charge in [0, 0.05) is 29.4 Å². The summed E-state index contributed by atoms with van der Waals surface area (Å²) in [4.78, 5) is 5.41. The van der Waals surface area contributed by atoms with E-state index in [0.717, 1.165) is 0 Å². The van der Waals surface area contributed by atoms with Crippen molar-refractivity contribution < 1.29 is 0 Å². The van der Waals surface area contributed by atoms with Gasteiger partial charge in [-0.2, -0.15) is 0 Å². The van der Waals surface area contributed by atoms with Crippen molar-refractivity contribution in [3.05, 3.63) is 52.5 Å². The first-order chi connectivity index (χ1) is 7.77. The normalized spacial score (nSPS) is 14.6. The van der Waals surface area contributed by atoms with Gasteiger partial charge >= 0.3 is 0 Å². The van der Waals surface area contributed by atoms with Gasteiger partial charge in [0.15, 0.2) is 0 Å². The summed E-state index contributed by atoms with van der Waals surface area (Å²) in [6, 6.07) is 9.11. The summed E-state index contributed by atoms with van der Waals surface area (Å²) in [6.45, 7) is 4.38. The van der Waals surface area contributed by atoms with Crippen LogP contribution in [0.2, 0.25) is 0 Å². The highest BCUT2D eigenvalue weighted by molar-refractivity contribution is 7.10. The van der Waals surface area contributed by atoms with Crippen molar-refractivity contribution in [2.24, 2.45) is 0 Å². The van der Waals surface area contributed by atoms with Crippen molar-refractivity contribution in [2.75, 3.05) is 0 Å². The van der Waals surface area contributed by atoms with Crippen molar-refractivity contribution in [3.8, 4) is 0 Å². The lowest BCUT2D eigenvalue weighted by Gasteiger charge is -2.19. The van der Waals surface area contributed by atoms with Gasteiger partial charge in [0.1, 0.15) is 0 Å². The van der Waals surface area contributed by atoms with Gasteiger partial charge in [-0.3, -0.25) is 4.98 Å². The number of pyridine rings is 1. The molecule has 2 aromatic heterocycles. The SMILES string of the molecule is CC(N[C@H](C)c1cccs1)c1ccncc1. The third-order valence-electron chi connectivity index (χ3n) is 2.68. The molecule has 3 heteroatoms. The van der Waals surface area contributed by atoms with E-state index in [0.29, 0.717) is 12.1 Å². The molecule has 1 unspecified atom stereocenters. The van der Waals surface area contributed by atoms with Gasteiger partial charge in [0.2, 0.25) is 0 Å². The maximum absolute atomic E-state index is 4.03. The molecule has 2 atom stereocenters. The fourth-order valence-corrected chi connectivity index (χ4v) is 2.49. The molecule has 0 fully saturated rings. The Morgan fingerprint density at radius 1 is 1.12 bits per heavy atom. The van der Waals surface area contributed by atoms with E-state index in [4.69, 9.17) is 0 Å². The predicted molar refractivity (Wildman–Crippen MR) is 68.5 cm³/mol. The molecule has 0 saturated carbocycles. The number of hydrogen-bond donors (Lipinski definition) is 1. The van der Waals surface area contributed by atoms with Gasteiger partial charge in [0.25, 0.3) is 0 Å². The van der Waals surface area contributed by atoms with Crippen LogP contribution in [0.1, 0.15) is 36.4 Å². The summed E-state index contributed by atoms with van der Waals surface area (Å²) in [5, 5.41) is 5.70. The molecule has 0 amide bonds. The molecular weight excluding hydrogens is 216 g/mol. The summed E-state index contributed by atoms with van der Waals surface area (Å²) in [6.07, 6.45) is 3.67. The van der Waals surface area contributed by atoms with E-state index in [2.05, 4.69) is 53.8 Å². The van der Waals surface area contributed by atoms with Crippen LogP contribution in [0.3, 0.4) is 0 Å². The van der Waals surface area contributed by atoms with Crippen molar-refractivity contribution in [1.29, 1.82) is 0 Å². The number of thiophene rings is 1. The Balaban J connectivity index is 2.00. The molecule has 16 heavy (non-hydrogen) atoms. The van der Waals surface area contributed by atoms with Crippen molar-refractivity contribution >= 4 is 11.3 Å². The van der Waals surface area contributed by atoms with Crippen LogP contribution >= 0.6 is 11.3 Å². The van der Waals surface area contributed by atoms with Gasteiger partial charge in [-0.1, -0.05) is 6.07 Å². The minimum atomic E-state index is 0.347. The molecule has 0 bridgehead atoms. The zero-order valence-electron chi connectivity index (χ0n) is 9.55. The zero-order valence-corrected chi connectivity index (χ0v) is 10.4. The summed E-state index contributed by atoms with van der Waals surface area (Å²) in [5.74, 6) is 0. The van der Waals surface area contributed by atoms with E-state index in [1.807, 2.05) is 12.4 Å². The highest BCUT2D eigenvalue weighted by Crippen LogP contribution is 2.22. The van der Waals surface area contributed by atoms with E-state index < -0.39 is 0 Å². The standard InChI is InChI=1S/C13H16N2S/c1-10(12-5-7-14-8-6-12)15-11(2)13-4-3-9-16-13/h3-11,15H,1-2H3/t10?,11-/m1/s1. The molecule has 0 saturated heterocycles. The van der Waals surface area contributed by atoms with Crippen LogP contribution in [-0.4, -0.2) is 4.98 Å². The Hall–Kier alpha value is -1.19. The second kappa shape index (κ2) is 5.23. The van der Waals surface area contributed by atoms with Crippen LogP contribution in [0.5, 0.6) is 0 Å². The Bertz CT molecular complexity index is 411. The van der Waals surface area contributed by atoms with Crippen molar-refractivity contribution in [1.82, 2.24) is 10.3 Å². The van der Waals surface area contributed by atoms with E-state index in [1.165, 1.54) is 10.4 Å². The number of hydrogen-bond acceptors (Lipinski definition) is 3. The number of nitrogens with one attached hydrogen (secondary N) is 1. The molecule has 2 nitrogen and oxygen atoms in total. The molecule has 0 spiro atoms. The number of nitrogens with zero attached hydrogens (tertiary/aromatic N) is 1. The van der Waals surface area contributed by atoms with Crippen LogP contribution in [-0.2, 0) is 0 Å². The quantitative estimate of drug-likeness (QED) is 0.872. The summed E-state index contributed by atoms with van der Waals surface area (Å²) in [7, 11) is 0. The number of aromatic nitrogens is 1. The van der Waals surface area contributed by atoms with E-state index in [9.17, 15) is 0 Å². The van der Waals surface area contributed by atoms with Crippen molar-refractivity contribution in [3.63, 3.8) is 0 Å². The maximum atomic E-state index is 4.03. The highest BCUT2D eigenvalue weighted by atomic mass is 32.1. The molecule has 0 aliphatic heterocycles. The van der Waals surface area contributed by atoms with Gasteiger partial charge in [-0.15, -0.1) is 11.3 Å². The fourth-order valence-electron chi connectivity index (χ4n) is 1.74. The average Bonchev–Trinajstić information content (AvgIpc) is 2.83. The Morgan fingerprint density at radius 3 is 2.50 bits per heavy atom. The molecule has 0 aliphatic rings. The second-order valence-electron chi connectivity index (χ2n) is 3.91. The lowest BCUT2D eigenvalue weighted by molar-refractivity contribution is 0.500. The Morgan fingerprint density at radius 2 is 1.88 bits per heavy atom. The fraction of sp³-hybridized carbons (Fsp3) is 0.308. The van der Waals surface area contributed by atoms with Gasteiger partial charge in [-0.25, -0.2) is 0 Å². The third kappa shape index (κ3) is 2.68. The van der Waals surface area contributed by atoms with Gasteiger partial charge in [-0.05, 0) is 43.0 Å². The smallest absolute Gasteiger partial charge is 0.0391 e. The first-order valence-electron chi connectivity index (χ1n) is 5.46. The summed E-state index contributed by atoms with van der Waals surface area (Å²) in [5.41, 5.74) is 1.28. The van der Waals surface area contributed by atoms with Crippen LogP contribution in [0.25, 0.3) is 0 Å². The highest BCUT2D eigenvalue weighted by Gasteiger charge is 2.11. The van der Waals surface area contributed by atoms with E-state index in [1.54, 1.807) is 11.3 Å². The first kappa shape index (κ1) is 11.3. The molecule has 84 valence electrons. The van der Waals surface area contributed by atoms with Crippen LogP contribution in [0, 0.1) is 0 Å². The van der Waals surface area contributed by atoms with Gasteiger partial charge in [0.05, 0.1) is 0 Å². The second-order valence-corrected chi connectivity index (χ2v) is 4.89. The minimum Gasteiger partial charge on any atom is -0.303 e. The monoisotopic (exact) mass is 232 g/mol. The van der Waals surface area contributed by atoms with Crippen LogP contribution < -0.4 is 5.32 Å². The molecule has 2 heterocycles. The maximum Gasteiger partial charge on any atom is 0.0391 e. The van der Waals surface area contributed by atoms with Crippen molar-refractivity contribution in [2.45, 2.75) is 25.9 Å². The molecule has 0 radical (unpaired) electrons. The molecule has 1 N–H and O–H groups in total. The van der Waals surface area contributed by atoms with E-state index in [-0.39, 0.29) is 0 Å². The van der Waals surface area contributed by atoms with Crippen LogP contribution in [0.15, 0.2) is 42.0 Å². The molecule has 0 aromatic carbocycles. The predicted octanol–water partition coefficient (Wildman–Crippen LogP) is 3.55. The third-order valence-corrected chi connectivity index (χ3v) is 3.73. The Labute approximate surface area is 100 Å². The van der Waals surface area contributed by atoms with Gasteiger partial charge < -0.3 is 5.32 Å². The summed E-state index contributed by atoms with van der Waals surface area (Å²) < 4.78 is 0. The Kier molecular flexibility index (Phi) is 3.70. The first-order valence-corrected chi connectivity index (χ1v) is 6.34. The zero-order chi connectivity index (χ0) is 11.4. The lowest BCUT2D eigenvalue weighted by Crippen LogP contribution is -2.21. The molecule has 2 aromatic rings. The minimum absolute atomic E-state index is 0.347. The summed E-state index contributed by atoms with van der Waals surface area (Å²) >= 11 is 1.79.